The van der Waals surface area contributed by atoms with Gasteiger partial charge in [0.1, 0.15) is 6.23 Å². The molecule has 0 bridgehead atoms. The number of carbonyl (C=O) groups is 1. The molecule has 0 aliphatic rings. The lowest BCUT2D eigenvalue weighted by atomic mass is 10.1. The number of hydrogen-bond acceptors (Lipinski definition) is 5. The second kappa shape index (κ2) is 10.6. The molecule has 0 aliphatic carbocycles. The number of carbonyl (C=O) groups excluding carboxylic acids is 1. The van der Waals surface area contributed by atoms with Gasteiger partial charge in [0.2, 0.25) is 0 Å². The Morgan fingerprint density at radius 2 is 2.04 bits per heavy atom. The number of rotatable bonds is 10. The number of amides is 1. The van der Waals surface area contributed by atoms with Crippen LogP contribution in [0, 0.1) is 13.8 Å². The summed E-state index contributed by atoms with van der Waals surface area (Å²) in [4.78, 5) is 12.1. The molecule has 0 aliphatic heterocycles. The van der Waals surface area contributed by atoms with E-state index in [1.54, 1.807) is 17.9 Å². The van der Waals surface area contributed by atoms with Gasteiger partial charge in [-0.05, 0) is 50.1 Å². The normalized spacial score (nSPS) is 12.3. The SMILES string of the molecule is CCCNC(=O)c1cn(/N=C/CCNc2cc([C@@H](O)NC)ccc2C)cc1C. The van der Waals surface area contributed by atoms with Crippen molar-refractivity contribution in [3.63, 3.8) is 0 Å². The maximum Gasteiger partial charge on any atom is 0.253 e. The molecule has 0 radical (unpaired) electrons. The molecule has 0 saturated carbocycles. The Hall–Kier alpha value is -2.64. The van der Waals surface area contributed by atoms with Crippen molar-refractivity contribution in [1.29, 1.82) is 0 Å². The molecule has 1 atom stereocenters. The first kappa shape index (κ1) is 21.7. The van der Waals surface area contributed by atoms with Crippen LogP contribution in [0.15, 0.2) is 35.7 Å². The molecule has 0 fully saturated rings. The third-order valence-electron chi connectivity index (χ3n) is 4.45. The zero-order valence-electron chi connectivity index (χ0n) is 17.1. The first-order valence-corrected chi connectivity index (χ1v) is 9.65. The zero-order valence-corrected chi connectivity index (χ0v) is 17.1. The van der Waals surface area contributed by atoms with Gasteiger partial charge in [-0.25, -0.2) is 4.68 Å². The number of nitrogens with one attached hydrogen (secondary N) is 3. The summed E-state index contributed by atoms with van der Waals surface area (Å²) in [5.41, 5.74) is 4.49. The molecular formula is C21H31N5O2. The number of hydrogen-bond donors (Lipinski definition) is 4. The molecule has 0 saturated heterocycles. The maximum atomic E-state index is 12.1. The Kier molecular flexibility index (Phi) is 8.22. The van der Waals surface area contributed by atoms with Crippen LogP contribution in [0.3, 0.4) is 0 Å². The fraction of sp³-hybridized carbons (Fsp3) is 0.429. The maximum absolute atomic E-state index is 12.1. The van der Waals surface area contributed by atoms with Crippen molar-refractivity contribution in [1.82, 2.24) is 15.3 Å². The Balaban J connectivity index is 1.89. The van der Waals surface area contributed by atoms with E-state index in [0.29, 0.717) is 18.7 Å². The van der Waals surface area contributed by atoms with Crippen LogP contribution in [-0.4, -0.2) is 42.0 Å². The van der Waals surface area contributed by atoms with Gasteiger partial charge in [-0.1, -0.05) is 19.1 Å². The highest BCUT2D eigenvalue weighted by molar-refractivity contribution is 5.95. The summed E-state index contributed by atoms with van der Waals surface area (Å²) in [6.07, 6.45) is 6.37. The molecule has 4 N–H and O–H groups in total. The molecule has 1 aromatic carbocycles. The first-order valence-electron chi connectivity index (χ1n) is 9.65. The fourth-order valence-electron chi connectivity index (χ4n) is 2.77. The third kappa shape index (κ3) is 5.94. The fourth-order valence-corrected chi connectivity index (χ4v) is 2.77. The lowest BCUT2D eigenvalue weighted by Crippen LogP contribution is -2.24. The van der Waals surface area contributed by atoms with Crippen LogP contribution >= 0.6 is 0 Å². The summed E-state index contributed by atoms with van der Waals surface area (Å²) < 4.78 is 1.67. The van der Waals surface area contributed by atoms with Crippen molar-refractivity contribution in [2.45, 2.75) is 39.8 Å². The predicted octanol–water partition coefficient (Wildman–Crippen LogP) is 2.79. The summed E-state index contributed by atoms with van der Waals surface area (Å²) in [6, 6.07) is 5.84. The number of benzene rings is 1. The van der Waals surface area contributed by atoms with E-state index >= 15 is 0 Å². The van der Waals surface area contributed by atoms with Crippen LogP contribution in [0.4, 0.5) is 5.69 Å². The average molecular weight is 386 g/mol. The summed E-state index contributed by atoms with van der Waals surface area (Å²) >= 11 is 0. The monoisotopic (exact) mass is 385 g/mol. The highest BCUT2D eigenvalue weighted by atomic mass is 16.3. The van der Waals surface area contributed by atoms with Crippen molar-refractivity contribution in [3.05, 3.63) is 52.8 Å². The number of aliphatic hydroxyl groups is 1. The van der Waals surface area contributed by atoms with Crippen LogP contribution in [0.1, 0.15) is 53.0 Å². The van der Waals surface area contributed by atoms with Crippen LogP contribution in [0.5, 0.6) is 0 Å². The standard InChI is InChI=1S/C21H31N5O2/c1-5-9-24-21(28)18-14-26(13-16(18)3)25-11-6-10-23-19-12-17(20(27)22-4)8-7-15(19)2/h7-8,11-14,20,22-23,27H,5-6,9-10H2,1-4H3,(H,24,28)/b25-11+/t20-/m1/s1. The summed E-state index contributed by atoms with van der Waals surface area (Å²) in [5, 5.41) is 23.4. The quantitative estimate of drug-likeness (QED) is 0.288. The minimum Gasteiger partial charge on any atom is -0.384 e. The number of aryl methyl sites for hydroxylation is 2. The van der Waals surface area contributed by atoms with E-state index in [1.807, 2.05) is 51.4 Å². The minimum absolute atomic E-state index is 0.0610. The lowest BCUT2D eigenvalue weighted by molar-refractivity contribution is 0.0953. The van der Waals surface area contributed by atoms with Gasteiger partial charge < -0.3 is 15.7 Å². The van der Waals surface area contributed by atoms with Gasteiger partial charge in [0.25, 0.3) is 5.91 Å². The molecule has 0 unspecified atom stereocenters. The van der Waals surface area contributed by atoms with Crippen molar-refractivity contribution >= 4 is 17.8 Å². The number of aliphatic hydroxyl groups excluding tert-OH is 1. The molecule has 7 nitrogen and oxygen atoms in total. The van der Waals surface area contributed by atoms with Crippen LogP contribution in [-0.2, 0) is 0 Å². The second-order valence-corrected chi connectivity index (χ2v) is 6.77. The second-order valence-electron chi connectivity index (χ2n) is 6.77. The van der Waals surface area contributed by atoms with Crippen molar-refractivity contribution in [2.24, 2.45) is 5.10 Å². The molecule has 152 valence electrons. The third-order valence-corrected chi connectivity index (χ3v) is 4.45. The zero-order chi connectivity index (χ0) is 20.5. The van der Waals surface area contributed by atoms with Gasteiger partial charge in [0.15, 0.2) is 0 Å². The molecular weight excluding hydrogens is 354 g/mol. The van der Waals surface area contributed by atoms with E-state index in [2.05, 4.69) is 21.1 Å². The largest absolute Gasteiger partial charge is 0.384 e. The number of aromatic nitrogens is 1. The van der Waals surface area contributed by atoms with Crippen LogP contribution < -0.4 is 16.0 Å². The minimum atomic E-state index is -0.677. The van der Waals surface area contributed by atoms with Crippen molar-refractivity contribution < 1.29 is 9.90 Å². The molecule has 1 aromatic heterocycles. The Bertz CT molecular complexity index is 813. The lowest BCUT2D eigenvalue weighted by Gasteiger charge is -2.14. The van der Waals surface area contributed by atoms with Gasteiger partial charge in [0, 0.05) is 43.8 Å². The predicted molar refractivity (Wildman–Crippen MR) is 114 cm³/mol. The molecule has 28 heavy (non-hydrogen) atoms. The van der Waals surface area contributed by atoms with E-state index in [0.717, 1.165) is 35.2 Å². The van der Waals surface area contributed by atoms with Crippen LogP contribution in [0.25, 0.3) is 0 Å². The number of nitrogens with zero attached hydrogens (tertiary/aromatic N) is 2. The van der Waals surface area contributed by atoms with Gasteiger partial charge in [-0.3, -0.25) is 10.1 Å². The molecule has 1 amide bonds. The van der Waals surface area contributed by atoms with E-state index in [-0.39, 0.29) is 5.91 Å². The smallest absolute Gasteiger partial charge is 0.253 e. The van der Waals surface area contributed by atoms with Crippen molar-refractivity contribution in [3.8, 4) is 0 Å². The van der Waals surface area contributed by atoms with E-state index in [1.165, 1.54) is 0 Å². The molecule has 1 heterocycles. The molecule has 2 aromatic rings. The number of anilines is 1. The first-order chi connectivity index (χ1) is 13.5. The van der Waals surface area contributed by atoms with E-state index in [9.17, 15) is 9.90 Å². The highest BCUT2D eigenvalue weighted by Crippen LogP contribution is 2.20. The highest BCUT2D eigenvalue weighted by Gasteiger charge is 2.10. The summed E-state index contributed by atoms with van der Waals surface area (Å²) in [5.74, 6) is -0.0610. The van der Waals surface area contributed by atoms with Gasteiger partial charge in [-0.2, -0.15) is 5.10 Å². The summed E-state index contributed by atoms with van der Waals surface area (Å²) in [6.45, 7) is 7.35. The van der Waals surface area contributed by atoms with Gasteiger partial charge in [-0.15, -0.1) is 0 Å². The molecule has 0 spiro atoms. The average Bonchev–Trinajstić information content (AvgIpc) is 3.07. The Morgan fingerprint density at radius 1 is 1.25 bits per heavy atom. The Labute approximate surface area is 166 Å². The van der Waals surface area contributed by atoms with Gasteiger partial charge >= 0.3 is 0 Å². The summed E-state index contributed by atoms with van der Waals surface area (Å²) in [7, 11) is 1.72. The van der Waals surface area contributed by atoms with Crippen molar-refractivity contribution in [2.75, 3.05) is 25.5 Å². The molecule has 2 rings (SSSR count). The molecule has 7 heteroatoms. The Morgan fingerprint density at radius 3 is 2.75 bits per heavy atom. The van der Waals surface area contributed by atoms with E-state index < -0.39 is 6.23 Å². The van der Waals surface area contributed by atoms with Crippen LogP contribution in [0.2, 0.25) is 0 Å². The topological polar surface area (TPSA) is 90.7 Å². The van der Waals surface area contributed by atoms with Gasteiger partial charge in [0.05, 0.1) is 5.56 Å². The van der Waals surface area contributed by atoms with E-state index in [4.69, 9.17) is 0 Å².